The number of nitrogens with zero attached hydrogens (tertiary/aromatic N) is 4. The molecule has 0 bridgehead atoms. The van der Waals surface area contributed by atoms with Crippen LogP contribution in [0.3, 0.4) is 0 Å². The Balaban J connectivity index is 1.44. The summed E-state index contributed by atoms with van der Waals surface area (Å²) in [6, 6.07) is 37.8. The standard InChI is InChI=1S/C38H30N4O/c1-24-22-40-34(21-32(24)27-13-8-5-9-14-27)30-19-28(26-11-6-4-7-12-26)18-29(20-30)31-15-10-16-35-37(31)41-38(42(35)3)33-17-25(2)39-23-36(33)43/h4-23,43H,1-3H3. The molecule has 3 heterocycles. The van der Waals surface area contributed by atoms with Crippen molar-refractivity contribution in [2.75, 3.05) is 0 Å². The highest BCUT2D eigenvalue weighted by atomic mass is 16.3. The summed E-state index contributed by atoms with van der Waals surface area (Å²) in [6.45, 7) is 4.02. The summed E-state index contributed by atoms with van der Waals surface area (Å²) >= 11 is 0. The van der Waals surface area contributed by atoms with E-state index in [4.69, 9.17) is 9.97 Å². The Kier molecular flexibility index (Phi) is 6.55. The van der Waals surface area contributed by atoms with Gasteiger partial charge >= 0.3 is 0 Å². The number of pyridine rings is 2. The quantitative estimate of drug-likeness (QED) is 0.229. The van der Waals surface area contributed by atoms with Gasteiger partial charge in [-0.05, 0) is 83.6 Å². The number of fused-ring (bicyclic) bond motifs is 1. The van der Waals surface area contributed by atoms with Crippen LogP contribution in [-0.4, -0.2) is 24.6 Å². The summed E-state index contributed by atoms with van der Waals surface area (Å²) < 4.78 is 2.03. The van der Waals surface area contributed by atoms with Crippen molar-refractivity contribution in [3.63, 3.8) is 0 Å². The Labute approximate surface area is 250 Å². The predicted octanol–water partition coefficient (Wildman–Crippen LogP) is 9.02. The second kappa shape index (κ2) is 10.7. The van der Waals surface area contributed by atoms with Gasteiger partial charge in [0.2, 0.25) is 0 Å². The van der Waals surface area contributed by atoms with E-state index in [1.807, 2.05) is 42.9 Å². The molecule has 0 aliphatic carbocycles. The SMILES string of the molecule is Cc1cc(-c2nc3c(-c4cc(-c5ccccc5)cc(-c5cc(-c6ccccc6)c(C)cn5)c4)cccc3n2C)c(O)cn1. The zero-order valence-electron chi connectivity index (χ0n) is 24.3. The lowest BCUT2D eigenvalue weighted by atomic mass is 9.93. The first-order chi connectivity index (χ1) is 21.0. The number of hydrogen-bond acceptors (Lipinski definition) is 4. The number of imidazole rings is 1. The highest BCUT2D eigenvalue weighted by molar-refractivity contribution is 5.96. The Bertz CT molecular complexity index is 2110. The van der Waals surface area contributed by atoms with Crippen molar-refractivity contribution in [1.82, 2.24) is 19.5 Å². The number of para-hydroxylation sites is 1. The topological polar surface area (TPSA) is 63.8 Å². The van der Waals surface area contributed by atoms with Crippen LogP contribution >= 0.6 is 0 Å². The second-order valence-corrected chi connectivity index (χ2v) is 10.9. The fourth-order valence-electron chi connectivity index (χ4n) is 5.76. The average molecular weight is 559 g/mol. The van der Waals surface area contributed by atoms with Gasteiger partial charge in [0.15, 0.2) is 0 Å². The Morgan fingerprint density at radius 1 is 0.581 bits per heavy atom. The summed E-state index contributed by atoms with van der Waals surface area (Å²) in [5.74, 6) is 0.802. The third-order valence-electron chi connectivity index (χ3n) is 8.01. The minimum atomic E-state index is 0.110. The third kappa shape index (κ3) is 4.85. The fraction of sp³-hybridized carbons (Fsp3) is 0.0789. The molecular formula is C38H30N4O. The monoisotopic (exact) mass is 558 g/mol. The number of aryl methyl sites for hydroxylation is 3. The van der Waals surface area contributed by atoms with Crippen LogP contribution in [0.4, 0.5) is 0 Å². The van der Waals surface area contributed by atoms with Crippen LogP contribution in [0.25, 0.3) is 67.1 Å². The van der Waals surface area contributed by atoms with Crippen molar-refractivity contribution in [1.29, 1.82) is 0 Å². The van der Waals surface area contributed by atoms with Gasteiger partial charge in [-0.3, -0.25) is 9.97 Å². The van der Waals surface area contributed by atoms with Crippen LogP contribution in [0.5, 0.6) is 5.75 Å². The predicted molar refractivity (Wildman–Crippen MR) is 175 cm³/mol. The molecular weight excluding hydrogens is 528 g/mol. The summed E-state index contributed by atoms with van der Waals surface area (Å²) in [5.41, 5.74) is 13.0. The number of aromatic hydroxyl groups is 1. The van der Waals surface area contributed by atoms with Crippen molar-refractivity contribution in [2.24, 2.45) is 7.05 Å². The van der Waals surface area contributed by atoms with E-state index in [0.29, 0.717) is 11.4 Å². The lowest BCUT2D eigenvalue weighted by Crippen LogP contribution is -1.94. The third-order valence-corrected chi connectivity index (χ3v) is 8.01. The first-order valence-corrected chi connectivity index (χ1v) is 14.3. The average Bonchev–Trinajstić information content (AvgIpc) is 3.39. The molecule has 0 spiro atoms. The smallest absolute Gasteiger partial charge is 0.144 e. The van der Waals surface area contributed by atoms with Gasteiger partial charge in [-0.1, -0.05) is 72.8 Å². The van der Waals surface area contributed by atoms with Crippen molar-refractivity contribution < 1.29 is 5.11 Å². The number of hydrogen-bond donors (Lipinski definition) is 1. The molecule has 0 aliphatic heterocycles. The van der Waals surface area contributed by atoms with Gasteiger partial charge in [-0.25, -0.2) is 4.98 Å². The Morgan fingerprint density at radius 2 is 1.28 bits per heavy atom. The normalized spacial score (nSPS) is 11.2. The Hall–Kier alpha value is -5.55. The summed E-state index contributed by atoms with van der Waals surface area (Å²) in [6.07, 6.45) is 3.44. The van der Waals surface area contributed by atoms with Gasteiger partial charge in [0.1, 0.15) is 11.6 Å². The van der Waals surface area contributed by atoms with E-state index in [1.165, 1.54) is 17.3 Å². The molecule has 7 aromatic rings. The maximum Gasteiger partial charge on any atom is 0.144 e. The molecule has 208 valence electrons. The minimum Gasteiger partial charge on any atom is -0.506 e. The molecule has 0 aliphatic rings. The minimum absolute atomic E-state index is 0.110. The van der Waals surface area contributed by atoms with Crippen LogP contribution in [0, 0.1) is 13.8 Å². The van der Waals surface area contributed by atoms with E-state index < -0.39 is 0 Å². The van der Waals surface area contributed by atoms with Gasteiger partial charge in [0.05, 0.1) is 28.5 Å². The molecule has 0 saturated carbocycles. The van der Waals surface area contributed by atoms with Gasteiger partial charge < -0.3 is 9.67 Å². The van der Waals surface area contributed by atoms with E-state index in [2.05, 4.69) is 103 Å². The lowest BCUT2D eigenvalue weighted by Gasteiger charge is -2.13. The zero-order valence-corrected chi connectivity index (χ0v) is 24.3. The molecule has 5 heteroatoms. The zero-order chi connectivity index (χ0) is 29.5. The van der Waals surface area contributed by atoms with Crippen LogP contribution in [-0.2, 0) is 7.05 Å². The molecule has 0 atom stereocenters. The largest absolute Gasteiger partial charge is 0.506 e. The van der Waals surface area contributed by atoms with Gasteiger partial charge in [-0.2, -0.15) is 0 Å². The van der Waals surface area contributed by atoms with Gasteiger partial charge in [0.25, 0.3) is 0 Å². The number of aromatic nitrogens is 4. The lowest BCUT2D eigenvalue weighted by molar-refractivity contribution is 0.473. The second-order valence-electron chi connectivity index (χ2n) is 10.9. The molecule has 0 amide bonds. The first-order valence-electron chi connectivity index (χ1n) is 14.3. The van der Waals surface area contributed by atoms with Crippen LogP contribution in [0.15, 0.2) is 122 Å². The van der Waals surface area contributed by atoms with Crippen LogP contribution < -0.4 is 0 Å². The van der Waals surface area contributed by atoms with Gasteiger partial charge in [0, 0.05) is 30.1 Å². The van der Waals surface area contributed by atoms with E-state index in [9.17, 15) is 5.11 Å². The van der Waals surface area contributed by atoms with Gasteiger partial charge in [-0.15, -0.1) is 0 Å². The maximum atomic E-state index is 10.7. The first kappa shape index (κ1) is 26.4. The highest BCUT2D eigenvalue weighted by Gasteiger charge is 2.18. The van der Waals surface area contributed by atoms with E-state index >= 15 is 0 Å². The summed E-state index contributed by atoms with van der Waals surface area (Å²) in [5, 5.41) is 10.7. The Morgan fingerprint density at radius 3 is 2.05 bits per heavy atom. The van der Waals surface area contributed by atoms with E-state index in [1.54, 1.807) is 0 Å². The number of benzene rings is 4. The number of rotatable bonds is 5. The van der Waals surface area contributed by atoms with Crippen molar-refractivity contribution >= 4 is 11.0 Å². The molecule has 1 N–H and O–H groups in total. The maximum absolute atomic E-state index is 10.7. The molecule has 7 rings (SSSR count). The summed E-state index contributed by atoms with van der Waals surface area (Å²) in [7, 11) is 1.98. The van der Waals surface area contributed by atoms with Crippen LogP contribution in [0.2, 0.25) is 0 Å². The molecule has 0 fully saturated rings. The molecule has 3 aromatic heterocycles. The van der Waals surface area contributed by atoms with E-state index in [0.717, 1.165) is 55.8 Å². The van der Waals surface area contributed by atoms with Crippen LogP contribution in [0.1, 0.15) is 11.3 Å². The molecule has 4 aromatic carbocycles. The fourth-order valence-corrected chi connectivity index (χ4v) is 5.76. The summed E-state index contributed by atoms with van der Waals surface area (Å²) in [4.78, 5) is 14.2. The molecule has 5 nitrogen and oxygen atoms in total. The van der Waals surface area contributed by atoms with Crippen molar-refractivity contribution in [3.05, 3.63) is 133 Å². The highest BCUT2D eigenvalue weighted by Crippen LogP contribution is 2.38. The van der Waals surface area contributed by atoms with E-state index in [-0.39, 0.29) is 5.75 Å². The van der Waals surface area contributed by atoms with Crippen molar-refractivity contribution in [3.8, 4) is 61.8 Å². The molecule has 0 unspecified atom stereocenters. The van der Waals surface area contributed by atoms with Crippen molar-refractivity contribution in [2.45, 2.75) is 13.8 Å². The molecule has 0 radical (unpaired) electrons. The molecule has 0 saturated heterocycles. The molecule has 43 heavy (non-hydrogen) atoms.